The number of hydrogen-bond acceptors (Lipinski definition) is 6. The van der Waals surface area contributed by atoms with Gasteiger partial charge in [0.1, 0.15) is 16.9 Å². The fraction of sp³-hybridized carbons (Fsp3) is 0.370. The summed E-state index contributed by atoms with van der Waals surface area (Å²) in [4.78, 5) is 23.1. The zero-order valence-electron chi connectivity index (χ0n) is 20.2. The Hall–Kier alpha value is -3.81. The van der Waals surface area contributed by atoms with Gasteiger partial charge in [0.25, 0.3) is 5.91 Å². The van der Waals surface area contributed by atoms with E-state index in [1.54, 1.807) is 0 Å². The van der Waals surface area contributed by atoms with Gasteiger partial charge < -0.3 is 25.1 Å². The van der Waals surface area contributed by atoms with E-state index in [-0.39, 0.29) is 12.7 Å². The molecule has 1 amide bonds. The van der Waals surface area contributed by atoms with Gasteiger partial charge in [0.05, 0.1) is 11.0 Å². The topological polar surface area (TPSA) is 104 Å². The van der Waals surface area contributed by atoms with E-state index >= 15 is 0 Å². The summed E-state index contributed by atoms with van der Waals surface area (Å²) in [5.74, 6) is 1.99. The Morgan fingerprint density at radius 1 is 1.11 bits per heavy atom. The molecule has 0 saturated heterocycles. The number of carbonyl (C=O) groups excluding carboxylic acids is 1. The first kappa shape index (κ1) is 23.0. The minimum absolute atomic E-state index is 0.213. The van der Waals surface area contributed by atoms with Crippen molar-refractivity contribution < 1.29 is 14.3 Å². The molecular formula is C27H31N5O3. The van der Waals surface area contributed by atoms with Crippen molar-refractivity contribution in [2.24, 2.45) is 5.92 Å². The van der Waals surface area contributed by atoms with Crippen molar-refractivity contribution in [3.8, 4) is 11.5 Å². The van der Waals surface area contributed by atoms with Crippen LogP contribution in [-0.2, 0) is 13.1 Å². The molecule has 182 valence electrons. The van der Waals surface area contributed by atoms with Crippen LogP contribution in [-0.4, -0.2) is 27.2 Å². The summed E-state index contributed by atoms with van der Waals surface area (Å²) in [5.41, 5.74) is 10.6. The number of nitrogens with two attached hydrogens (primary N) is 1. The first-order valence-electron chi connectivity index (χ1n) is 12.3. The van der Waals surface area contributed by atoms with Gasteiger partial charge in [-0.15, -0.1) is 0 Å². The Kier molecular flexibility index (Phi) is 6.44. The monoisotopic (exact) mass is 473 g/mol. The molecular weight excluding hydrogens is 442 g/mol. The number of nitrogens with zero attached hydrogens (tertiary/aromatic N) is 3. The highest BCUT2D eigenvalue weighted by Gasteiger charge is 2.25. The van der Waals surface area contributed by atoms with Crippen molar-refractivity contribution in [1.82, 2.24) is 19.9 Å². The zero-order chi connectivity index (χ0) is 24.4. The van der Waals surface area contributed by atoms with Crippen LogP contribution in [0.25, 0.3) is 22.2 Å². The molecule has 8 heteroatoms. The second kappa shape index (κ2) is 9.82. The summed E-state index contributed by atoms with van der Waals surface area (Å²) in [7, 11) is 0. The molecule has 4 aromatic rings. The number of carbonyl (C=O) groups is 1. The number of aromatic nitrogens is 3. The Labute approximate surface area is 204 Å². The fourth-order valence-electron chi connectivity index (χ4n) is 4.62. The van der Waals surface area contributed by atoms with E-state index < -0.39 is 0 Å². The van der Waals surface area contributed by atoms with E-state index in [1.807, 2.05) is 47.0 Å². The summed E-state index contributed by atoms with van der Waals surface area (Å²) in [6, 6.07) is 13.3. The molecule has 2 aromatic carbocycles. The summed E-state index contributed by atoms with van der Waals surface area (Å²) in [6.45, 7) is 5.65. The number of unbranched alkanes of at least 4 members (excludes halogenated alkanes) is 1. The molecule has 1 aliphatic rings. The number of fused-ring (bicyclic) bond motifs is 3. The molecule has 1 atom stereocenters. The SMILES string of the molecule is CCCC[C@H](CC)Cn1c(N)c(C(=O)NCc2ccc3c(c2)OCO3)c2nc3ccccc3nc21. The second-order valence-electron chi connectivity index (χ2n) is 9.04. The van der Waals surface area contributed by atoms with Crippen LogP contribution in [0.3, 0.4) is 0 Å². The summed E-state index contributed by atoms with van der Waals surface area (Å²) < 4.78 is 12.8. The van der Waals surface area contributed by atoms with Gasteiger partial charge >= 0.3 is 0 Å². The van der Waals surface area contributed by atoms with Crippen molar-refractivity contribution in [2.45, 2.75) is 52.6 Å². The predicted molar refractivity (Wildman–Crippen MR) is 136 cm³/mol. The van der Waals surface area contributed by atoms with Gasteiger partial charge in [-0.2, -0.15) is 0 Å². The standard InChI is InChI=1S/C27H31N5O3/c1-3-5-8-17(4-2)15-32-25(28)23(24-26(32)31-20-10-7-6-9-19(20)30-24)27(33)29-14-18-11-12-21-22(13-18)35-16-34-21/h6-7,9-13,17H,3-5,8,14-16,28H2,1-2H3,(H,29,33)/t17-/m0/s1. The Morgan fingerprint density at radius 3 is 2.66 bits per heavy atom. The van der Waals surface area contributed by atoms with E-state index in [1.165, 1.54) is 0 Å². The number of benzene rings is 2. The molecule has 5 rings (SSSR count). The number of hydrogen-bond donors (Lipinski definition) is 2. The Bertz CT molecular complexity index is 1380. The number of rotatable bonds is 9. The third-order valence-corrected chi connectivity index (χ3v) is 6.69. The predicted octanol–water partition coefficient (Wildman–Crippen LogP) is 5.04. The number of amides is 1. The lowest BCUT2D eigenvalue weighted by atomic mass is 9.99. The minimum atomic E-state index is -0.268. The molecule has 3 N–H and O–H groups in total. The maximum atomic E-state index is 13.4. The molecule has 0 unspecified atom stereocenters. The third-order valence-electron chi connectivity index (χ3n) is 6.69. The maximum Gasteiger partial charge on any atom is 0.257 e. The van der Waals surface area contributed by atoms with Gasteiger partial charge in [0.2, 0.25) is 6.79 Å². The number of ether oxygens (including phenoxy) is 2. The van der Waals surface area contributed by atoms with E-state index in [4.69, 9.17) is 25.2 Å². The molecule has 0 saturated carbocycles. The Balaban J connectivity index is 1.50. The lowest BCUT2D eigenvalue weighted by molar-refractivity contribution is 0.0953. The van der Waals surface area contributed by atoms with Crippen LogP contribution in [0.15, 0.2) is 42.5 Å². The van der Waals surface area contributed by atoms with E-state index in [0.29, 0.717) is 53.1 Å². The van der Waals surface area contributed by atoms with Crippen molar-refractivity contribution in [3.05, 3.63) is 53.6 Å². The molecule has 0 fully saturated rings. The van der Waals surface area contributed by atoms with Gasteiger partial charge in [-0.25, -0.2) is 9.97 Å². The van der Waals surface area contributed by atoms with Gasteiger partial charge in [-0.3, -0.25) is 4.79 Å². The zero-order valence-corrected chi connectivity index (χ0v) is 20.2. The summed E-state index contributed by atoms with van der Waals surface area (Å²) >= 11 is 0. The van der Waals surface area contributed by atoms with E-state index in [0.717, 1.165) is 42.3 Å². The summed E-state index contributed by atoms with van der Waals surface area (Å²) in [6.07, 6.45) is 4.45. The molecule has 0 radical (unpaired) electrons. The lowest BCUT2D eigenvalue weighted by Crippen LogP contribution is -2.24. The minimum Gasteiger partial charge on any atom is -0.454 e. The van der Waals surface area contributed by atoms with E-state index in [2.05, 4.69) is 19.2 Å². The molecule has 1 aliphatic heterocycles. The fourth-order valence-corrected chi connectivity index (χ4v) is 4.62. The van der Waals surface area contributed by atoms with Crippen LogP contribution in [0.5, 0.6) is 11.5 Å². The molecule has 3 heterocycles. The van der Waals surface area contributed by atoms with E-state index in [9.17, 15) is 4.79 Å². The van der Waals surface area contributed by atoms with Crippen LogP contribution >= 0.6 is 0 Å². The summed E-state index contributed by atoms with van der Waals surface area (Å²) in [5, 5.41) is 3.01. The van der Waals surface area contributed by atoms with Crippen molar-refractivity contribution in [1.29, 1.82) is 0 Å². The van der Waals surface area contributed by atoms with Gasteiger partial charge in [0, 0.05) is 13.1 Å². The highest BCUT2D eigenvalue weighted by atomic mass is 16.7. The quantitative estimate of drug-likeness (QED) is 0.353. The molecule has 8 nitrogen and oxygen atoms in total. The van der Waals surface area contributed by atoms with Gasteiger partial charge in [-0.1, -0.05) is 51.3 Å². The molecule has 0 spiro atoms. The van der Waals surface area contributed by atoms with Crippen molar-refractivity contribution >= 4 is 33.9 Å². The van der Waals surface area contributed by atoms with Crippen LogP contribution in [0.1, 0.15) is 55.5 Å². The smallest absolute Gasteiger partial charge is 0.257 e. The van der Waals surface area contributed by atoms with Crippen LogP contribution in [0.2, 0.25) is 0 Å². The largest absolute Gasteiger partial charge is 0.454 e. The first-order valence-corrected chi connectivity index (χ1v) is 12.3. The molecule has 35 heavy (non-hydrogen) atoms. The third kappa shape index (κ3) is 4.48. The molecule has 0 aliphatic carbocycles. The Morgan fingerprint density at radius 2 is 1.89 bits per heavy atom. The molecule has 2 aromatic heterocycles. The average Bonchev–Trinajstić information content (AvgIpc) is 3.45. The second-order valence-corrected chi connectivity index (χ2v) is 9.04. The number of para-hydroxylation sites is 2. The van der Waals surface area contributed by atoms with Crippen LogP contribution < -0.4 is 20.5 Å². The highest BCUT2D eigenvalue weighted by molar-refractivity contribution is 6.10. The maximum absolute atomic E-state index is 13.4. The first-order chi connectivity index (χ1) is 17.1. The van der Waals surface area contributed by atoms with Crippen molar-refractivity contribution in [3.63, 3.8) is 0 Å². The van der Waals surface area contributed by atoms with Gasteiger partial charge in [0.15, 0.2) is 17.1 Å². The normalized spacial score (nSPS) is 13.4. The average molecular weight is 474 g/mol. The lowest BCUT2D eigenvalue weighted by Gasteiger charge is -2.17. The highest BCUT2D eigenvalue weighted by Crippen LogP contribution is 2.33. The van der Waals surface area contributed by atoms with Crippen LogP contribution in [0, 0.1) is 5.92 Å². The number of nitrogens with one attached hydrogen (secondary N) is 1. The number of anilines is 1. The van der Waals surface area contributed by atoms with Crippen molar-refractivity contribution in [2.75, 3.05) is 12.5 Å². The van der Waals surface area contributed by atoms with Gasteiger partial charge in [-0.05, 0) is 42.2 Å². The molecule has 0 bridgehead atoms. The number of nitrogen functional groups attached to an aromatic ring is 1. The van der Waals surface area contributed by atoms with Crippen LogP contribution in [0.4, 0.5) is 5.82 Å².